The van der Waals surface area contributed by atoms with Crippen molar-refractivity contribution in [3.8, 4) is 5.75 Å². The third-order valence-corrected chi connectivity index (χ3v) is 3.61. The molecule has 1 aromatic rings. The number of hydrogen-bond donors (Lipinski definition) is 1. The molecule has 1 aromatic carbocycles. The second-order valence-corrected chi connectivity index (χ2v) is 5.07. The van der Waals surface area contributed by atoms with Gasteiger partial charge in [-0.05, 0) is 39.3 Å². The molecule has 0 bridgehead atoms. The van der Waals surface area contributed by atoms with Crippen LogP contribution in [-0.4, -0.2) is 25.4 Å². The molecule has 1 heterocycles. The summed E-state index contributed by atoms with van der Waals surface area (Å²) >= 11 is 0. The van der Waals surface area contributed by atoms with Crippen molar-refractivity contribution in [3.63, 3.8) is 0 Å². The van der Waals surface area contributed by atoms with Crippen LogP contribution in [0.1, 0.15) is 45.2 Å². The van der Waals surface area contributed by atoms with Crippen LogP contribution >= 0.6 is 0 Å². The number of benzene rings is 1. The molecule has 0 spiro atoms. The van der Waals surface area contributed by atoms with E-state index in [0.29, 0.717) is 12.7 Å². The summed E-state index contributed by atoms with van der Waals surface area (Å²) < 4.78 is 11.8. The molecule has 1 aliphatic heterocycles. The van der Waals surface area contributed by atoms with Gasteiger partial charge < -0.3 is 14.8 Å². The Balaban J connectivity index is 2.22. The lowest BCUT2D eigenvalue weighted by Crippen LogP contribution is -2.32. The summed E-state index contributed by atoms with van der Waals surface area (Å²) in [4.78, 5) is 0. The van der Waals surface area contributed by atoms with Crippen LogP contribution in [-0.2, 0) is 4.74 Å². The number of nitrogens with one attached hydrogen (secondary N) is 1. The van der Waals surface area contributed by atoms with Gasteiger partial charge in [0.15, 0.2) is 0 Å². The van der Waals surface area contributed by atoms with Gasteiger partial charge in [-0.1, -0.05) is 25.1 Å². The van der Waals surface area contributed by atoms with Gasteiger partial charge in [0, 0.05) is 5.56 Å². The Morgan fingerprint density at radius 3 is 2.74 bits per heavy atom. The highest BCUT2D eigenvalue weighted by molar-refractivity contribution is 5.36. The molecular weight excluding hydrogens is 238 g/mol. The molecule has 0 aliphatic carbocycles. The zero-order chi connectivity index (χ0) is 13.7. The van der Waals surface area contributed by atoms with Gasteiger partial charge in [-0.15, -0.1) is 0 Å². The lowest BCUT2D eigenvalue weighted by molar-refractivity contribution is 0.0313. The van der Waals surface area contributed by atoms with E-state index < -0.39 is 0 Å². The first-order valence-corrected chi connectivity index (χ1v) is 7.36. The zero-order valence-electron chi connectivity index (χ0n) is 12.2. The van der Waals surface area contributed by atoms with Crippen molar-refractivity contribution in [2.45, 2.75) is 51.9 Å². The minimum Gasteiger partial charge on any atom is -0.494 e. The van der Waals surface area contributed by atoms with Gasteiger partial charge in [0.05, 0.1) is 24.9 Å². The van der Waals surface area contributed by atoms with Gasteiger partial charge in [0.25, 0.3) is 0 Å². The maximum Gasteiger partial charge on any atom is 0.124 e. The van der Waals surface area contributed by atoms with Crippen molar-refractivity contribution in [1.82, 2.24) is 5.32 Å². The highest BCUT2D eigenvalue weighted by atomic mass is 16.5. The first-order chi connectivity index (χ1) is 9.26. The molecule has 0 radical (unpaired) electrons. The van der Waals surface area contributed by atoms with E-state index in [1.54, 1.807) is 0 Å². The summed E-state index contributed by atoms with van der Waals surface area (Å²) in [7, 11) is 0. The molecular formula is C16H25NO2. The average molecular weight is 263 g/mol. The van der Waals surface area contributed by atoms with Crippen molar-refractivity contribution >= 4 is 0 Å². The number of para-hydroxylation sites is 1. The Labute approximate surface area is 116 Å². The normalized spacial score (nSPS) is 24.4. The quantitative estimate of drug-likeness (QED) is 0.854. The van der Waals surface area contributed by atoms with E-state index in [2.05, 4.69) is 31.3 Å². The van der Waals surface area contributed by atoms with E-state index in [0.717, 1.165) is 25.1 Å². The summed E-state index contributed by atoms with van der Waals surface area (Å²) in [5.41, 5.74) is 1.21. The van der Waals surface area contributed by atoms with E-state index in [4.69, 9.17) is 9.47 Å². The van der Waals surface area contributed by atoms with Gasteiger partial charge in [0.2, 0.25) is 0 Å². The van der Waals surface area contributed by atoms with Crippen LogP contribution in [0.4, 0.5) is 0 Å². The molecule has 3 unspecified atom stereocenters. The van der Waals surface area contributed by atoms with Crippen LogP contribution < -0.4 is 10.1 Å². The van der Waals surface area contributed by atoms with Crippen LogP contribution in [0.5, 0.6) is 5.75 Å². The van der Waals surface area contributed by atoms with Crippen LogP contribution in [0.15, 0.2) is 24.3 Å². The zero-order valence-corrected chi connectivity index (χ0v) is 12.2. The summed E-state index contributed by atoms with van der Waals surface area (Å²) in [5.74, 6) is 0.971. The number of rotatable bonds is 6. The van der Waals surface area contributed by atoms with Gasteiger partial charge in [-0.2, -0.15) is 0 Å². The van der Waals surface area contributed by atoms with E-state index in [-0.39, 0.29) is 12.1 Å². The maximum atomic E-state index is 6.05. The van der Waals surface area contributed by atoms with Gasteiger partial charge in [-0.25, -0.2) is 0 Å². The summed E-state index contributed by atoms with van der Waals surface area (Å²) in [6, 6.07) is 8.50. The molecule has 0 saturated carbocycles. The van der Waals surface area contributed by atoms with Crippen LogP contribution in [0.3, 0.4) is 0 Å². The highest BCUT2D eigenvalue weighted by Crippen LogP contribution is 2.34. The lowest BCUT2D eigenvalue weighted by atomic mass is 9.98. The standard InChI is InChI=1S/C16H25NO2/c1-4-17-16(15-11-10-12(3)19-15)13-8-6-7-9-14(13)18-5-2/h6-9,12,15-17H,4-5,10-11H2,1-3H3. The van der Waals surface area contributed by atoms with Crippen LogP contribution in [0.25, 0.3) is 0 Å². The van der Waals surface area contributed by atoms with Gasteiger partial charge >= 0.3 is 0 Å². The molecule has 19 heavy (non-hydrogen) atoms. The van der Waals surface area contributed by atoms with Gasteiger partial charge in [-0.3, -0.25) is 0 Å². The molecule has 0 aromatic heterocycles. The minimum absolute atomic E-state index is 0.220. The molecule has 1 saturated heterocycles. The number of hydrogen-bond acceptors (Lipinski definition) is 3. The van der Waals surface area contributed by atoms with Crippen molar-refractivity contribution in [2.75, 3.05) is 13.2 Å². The fourth-order valence-electron chi connectivity index (χ4n) is 2.76. The Morgan fingerprint density at radius 2 is 2.11 bits per heavy atom. The summed E-state index contributed by atoms with van der Waals surface area (Å²) in [6.07, 6.45) is 2.87. The summed E-state index contributed by atoms with van der Waals surface area (Å²) in [5, 5.41) is 3.56. The SMILES string of the molecule is CCNC(c1ccccc1OCC)C1CCC(C)O1. The van der Waals surface area contributed by atoms with Crippen molar-refractivity contribution in [2.24, 2.45) is 0 Å². The molecule has 2 rings (SSSR count). The van der Waals surface area contributed by atoms with Crippen molar-refractivity contribution < 1.29 is 9.47 Å². The largest absolute Gasteiger partial charge is 0.494 e. The second kappa shape index (κ2) is 6.92. The molecule has 1 N–H and O–H groups in total. The number of ether oxygens (including phenoxy) is 2. The predicted molar refractivity (Wildman–Crippen MR) is 77.6 cm³/mol. The Kier molecular flexibility index (Phi) is 5.23. The fraction of sp³-hybridized carbons (Fsp3) is 0.625. The number of likely N-dealkylation sites (N-methyl/N-ethyl adjacent to an activating group) is 1. The average Bonchev–Trinajstić information content (AvgIpc) is 2.84. The Bertz CT molecular complexity index is 394. The van der Waals surface area contributed by atoms with Crippen molar-refractivity contribution in [3.05, 3.63) is 29.8 Å². The van der Waals surface area contributed by atoms with Gasteiger partial charge in [0.1, 0.15) is 5.75 Å². The molecule has 0 amide bonds. The van der Waals surface area contributed by atoms with E-state index in [9.17, 15) is 0 Å². The third kappa shape index (κ3) is 3.48. The molecule has 3 atom stereocenters. The van der Waals surface area contributed by atoms with E-state index in [1.165, 1.54) is 5.56 Å². The van der Waals surface area contributed by atoms with E-state index in [1.807, 2.05) is 19.1 Å². The molecule has 106 valence electrons. The second-order valence-electron chi connectivity index (χ2n) is 5.07. The topological polar surface area (TPSA) is 30.5 Å². The first kappa shape index (κ1) is 14.4. The highest BCUT2D eigenvalue weighted by Gasteiger charge is 2.31. The Hall–Kier alpha value is -1.06. The minimum atomic E-state index is 0.220. The monoisotopic (exact) mass is 263 g/mol. The van der Waals surface area contributed by atoms with Crippen LogP contribution in [0.2, 0.25) is 0 Å². The predicted octanol–water partition coefficient (Wildman–Crippen LogP) is 3.30. The first-order valence-electron chi connectivity index (χ1n) is 7.36. The smallest absolute Gasteiger partial charge is 0.124 e. The summed E-state index contributed by atoms with van der Waals surface area (Å²) in [6.45, 7) is 7.93. The third-order valence-electron chi connectivity index (χ3n) is 3.61. The maximum absolute atomic E-state index is 6.05. The molecule has 3 nitrogen and oxygen atoms in total. The Morgan fingerprint density at radius 1 is 1.32 bits per heavy atom. The molecule has 1 fully saturated rings. The lowest BCUT2D eigenvalue weighted by Gasteiger charge is -2.26. The fourth-order valence-corrected chi connectivity index (χ4v) is 2.76. The van der Waals surface area contributed by atoms with Crippen molar-refractivity contribution in [1.29, 1.82) is 0 Å². The molecule has 1 aliphatic rings. The molecule has 3 heteroatoms. The van der Waals surface area contributed by atoms with E-state index >= 15 is 0 Å². The van der Waals surface area contributed by atoms with Crippen LogP contribution in [0, 0.1) is 0 Å².